The van der Waals surface area contributed by atoms with Crippen LogP contribution in [0.25, 0.3) is 11.1 Å². The van der Waals surface area contributed by atoms with Crippen LogP contribution in [0.2, 0.25) is 0 Å². The van der Waals surface area contributed by atoms with Crippen LogP contribution in [0.3, 0.4) is 0 Å². The molecule has 0 spiro atoms. The predicted octanol–water partition coefficient (Wildman–Crippen LogP) is 4.44. The zero-order chi connectivity index (χ0) is 13.8. The second-order valence-corrected chi connectivity index (χ2v) is 5.57. The van der Waals surface area contributed by atoms with Gasteiger partial charge < -0.3 is 0 Å². The Morgan fingerprint density at radius 3 is 1.45 bits per heavy atom. The summed E-state index contributed by atoms with van der Waals surface area (Å²) in [6.45, 7) is 0. The molecule has 0 amide bonds. The van der Waals surface area contributed by atoms with Crippen LogP contribution >= 0.6 is 9.24 Å². The molecule has 1 aliphatic carbocycles. The molecule has 1 atom stereocenters. The molecule has 0 aromatic heterocycles. The van der Waals surface area contributed by atoms with Gasteiger partial charge in [0.2, 0.25) is 0 Å². The fourth-order valence-corrected chi connectivity index (χ4v) is 2.75. The van der Waals surface area contributed by atoms with Crippen molar-refractivity contribution in [2.45, 2.75) is 6.42 Å². The Bertz CT molecular complexity index is 658. The number of hydrogen-bond donors (Lipinski definition) is 0. The van der Waals surface area contributed by atoms with E-state index in [9.17, 15) is 0 Å². The van der Waals surface area contributed by atoms with E-state index in [-0.39, 0.29) is 0 Å². The van der Waals surface area contributed by atoms with Crippen LogP contribution in [0.5, 0.6) is 0 Å². The van der Waals surface area contributed by atoms with E-state index in [1.807, 2.05) is 30.3 Å². The van der Waals surface area contributed by atoms with Crippen molar-refractivity contribution in [3.63, 3.8) is 0 Å². The molecule has 0 aliphatic heterocycles. The SMILES string of the molecule is Pc1ccccc1.c1ccc2c(c1)Cc1ccccc1-2. The van der Waals surface area contributed by atoms with E-state index in [0.717, 1.165) is 6.42 Å². The van der Waals surface area contributed by atoms with Crippen molar-refractivity contribution >= 4 is 14.5 Å². The molecular formula is C19H17P. The first-order valence-electron chi connectivity index (χ1n) is 6.81. The first-order valence-corrected chi connectivity index (χ1v) is 7.39. The van der Waals surface area contributed by atoms with Crippen molar-refractivity contribution < 1.29 is 0 Å². The summed E-state index contributed by atoms with van der Waals surface area (Å²) in [5.74, 6) is 0. The number of fused-ring (bicyclic) bond motifs is 3. The summed E-state index contributed by atoms with van der Waals surface area (Å²) in [6.07, 6.45) is 1.10. The molecule has 0 N–H and O–H groups in total. The van der Waals surface area contributed by atoms with Crippen molar-refractivity contribution in [2.75, 3.05) is 0 Å². The highest BCUT2D eigenvalue weighted by Gasteiger charge is 2.15. The topological polar surface area (TPSA) is 0 Å². The van der Waals surface area contributed by atoms with Crippen LogP contribution in [0.1, 0.15) is 11.1 Å². The van der Waals surface area contributed by atoms with Crippen LogP contribution in [0, 0.1) is 0 Å². The smallest absolute Gasteiger partial charge is 0.00135 e. The molecule has 4 rings (SSSR count). The van der Waals surface area contributed by atoms with Crippen molar-refractivity contribution in [1.82, 2.24) is 0 Å². The third kappa shape index (κ3) is 2.81. The standard InChI is InChI=1S/C13H10.C6H7P/c1-3-7-12-10(5-1)9-11-6-2-4-8-13(11)12;7-6-4-2-1-3-5-6/h1-8H,9H2;1-5H,7H2. The molecule has 0 fully saturated rings. The summed E-state index contributed by atoms with van der Waals surface area (Å²) in [6, 6.07) is 27.4. The van der Waals surface area contributed by atoms with Gasteiger partial charge >= 0.3 is 0 Å². The maximum Gasteiger partial charge on any atom is -0.00135 e. The maximum atomic E-state index is 2.63. The molecule has 1 heteroatoms. The first-order chi connectivity index (χ1) is 9.84. The van der Waals surface area contributed by atoms with Gasteiger partial charge in [-0.25, -0.2) is 0 Å². The van der Waals surface area contributed by atoms with Gasteiger partial charge in [0.15, 0.2) is 0 Å². The highest BCUT2D eigenvalue weighted by Crippen LogP contribution is 2.35. The maximum absolute atomic E-state index is 2.63. The van der Waals surface area contributed by atoms with Crippen molar-refractivity contribution in [3.05, 3.63) is 90.0 Å². The first kappa shape index (κ1) is 13.1. The van der Waals surface area contributed by atoms with Gasteiger partial charge in [-0.2, -0.15) is 0 Å². The molecule has 0 nitrogen and oxygen atoms in total. The summed E-state index contributed by atoms with van der Waals surface area (Å²) in [7, 11) is 2.63. The minimum absolute atomic E-state index is 1.10. The second kappa shape index (κ2) is 6.03. The Morgan fingerprint density at radius 2 is 1.00 bits per heavy atom. The minimum atomic E-state index is 1.10. The van der Waals surface area contributed by atoms with E-state index < -0.39 is 0 Å². The minimum Gasteiger partial charge on any atom is -0.106 e. The van der Waals surface area contributed by atoms with E-state index in [1.54, 1.807) is 0 Å². The highest BCUT2D eigenvalue weighted by atomic mass is 31.0. The fraction of sp³-hybridized carbons (Fsp3) is 0.0526. The fourth-order valence-electron chi connectivity index (χ4n) is 2.53. The Labute approximate surface area is 122 Å². The van der Waals surface area contributed by atoms with Crippen LogP contribution in [0.15, 0.2) is 78.9 Å². The molecule has 3 aromatic carbocycles. The molecule has 0 radical (unpaired) electrons. The number of rotatable bonds is 0. The molecular weight excluding hydrogens is 259 g/mol. The largest absolute Gasteiger partial charge is 0.106 e. The quantitative estimate of drug-likeness (QED) is 0.416. The third-order valence-corrected chi connectivity index (χ3v) is 3.89. The Kier molecular flexibility index (Phi) is 3.95. The highest BCUT2D eigenvalue weighted by molar-refractivity contribution is 7.27. The molecule has 0 saturated heterocycles. The van der Waals surface area contributed by atoms with Crippen LogP contribution in [-0.4, -0.2) is 0 Å². The summed E-state index contributed by atoms with van der Waals surface area (Å²) in [4.78, 5) is 0. The average Bonchev–Trinajstić information content (AvgIpc) is 2.87. The second-order valence-electron chi connectivity index (χ2n) is 4.90. The molecule has 0 saturated carbocycles. The van der Waals surface area contributed by atoms with E-state index in [0.29, 0.717) is 0 Å². The Balaban J connectivity index is 0.000000147. The third-order valence-electron chi connectivity index (χ3n) is 3.51. The zero-order valence-electron chi connectivity index (χ0n) is 11.3. The number of hydrogen-bond acceptors (Lipinski definition) is 0. The molecule has 1 unspecified atom stereocenters. The van der Waals surface area contributed by atoms with Gasteiger partial charge in [0.05, 0.1) is 0 Å². The lowest BCUT2D eigenvalue weighted by Crippen LogP contribution is -1.82. The lowest BCUT2D eigenvalue weighted by atomic mass is 10.1. The zero-order valence-corrected chi connectivity index (χ0v) is 12.4. The molecule has 0 heterocycles. The van der Waals surface area contributed by atoms with Gasteiger partial charge in [-0.1, -0.05) is 78.9 Å². The van der Waals surface area contributed by atoms with E-state index in [1.165, 1.54) is 27.6 Å². The summed E-state index contributed by atoms with van der Waals surface area (Å²) >= 11 is 0. The summed E-state index contributed by atoms with van der Waals surface area (Å²) < 4.78 is 0. The Morgan fingerprint density at radius 1 is 0.550 bits per heavy atom. The van der Waals surface area contributed by atoms with Gasteiger partial charge in [0.25, 0.3) is 0 Å². The average molecular weight is 276 g/mol. The Hall–Kier alpha value is -1.91. The summed E-state index contributed by atoms with van der Waals surface area (Å²) in [5.41, 5.74) is 5.75. The molecule has 20 heavy (non-hydrogen) atoms. The van der Waals surface area contributed by atoms with Crippen LogP contribution in [-0.2, 0) is 6.42 Å². The van der Waals surface area contributed by atoms with Crippen LogP contribution in [0.4, 0.5) is 0 Å². The van der Waals surface area contributed by atoms with Gasteiger partial charge in [-0.05, 0) is 34.0 Å². The van der Waals surface area contributed by atoms with E-state index in [2.05, 4.69) is 57.8 Å². The van der Waals surface area contributed by atoms with E-state index >= 15 is 0 Å². The van der Waals surface area contributed by atoms with E-state index in [4.69, 9.17) is 0 Å². The lowest BCUT2D eigenvalue weighted by Gasteiger charge is -1.98. The molecule has 1 aliphatic rings. The van der Waals surface area contributed by atoms with Crippen LogP contribution < -0.4 is 5.30 Å². The lowest BCUT2D eigenvalue weighted by molar-refractivity contribution is 1.26. The van der Waals surface area contributed by atoms with Gasteiger partial charge in [0, 0.05) is 0 Å². The molecule has 0 bridgehead atoms. The van der Waals surface area contributed by atoms with Gasteiger partial charge in [-0.15, -0.1) is 9.24 Å². The predicted molar refractivity (Wildman–Crippen MR) is 90.5 cm³/mol. The normalized spacial score (nSPS) is 11.1. The van der Waals surface area contributed by atoms with Gasteiger partial charge in [0.1, 0.15) is 0 Å². The van der Waals surface area contributed by atoms with Gasteiger partial charge in [-0.3, -0.25) is 0 Å². The van der Waals surface area contributed by atoms with Crippen molar-refractivity contribution in [3.8, 4) is 11.1 Å². The monoisotopic (exact) mass is 276 g/mol. The van der Waals surface area contributed by atoms with Crippen molar-refractivity contribution in [2.24, 2.45) is 0 Å². The summed E-state index contributed by atoms with van der Waals surface area (Å²) in [5, 5.41) is 1.24. The molecule has 98 valence electrons. The van der Waals surface area contributed by atoms with Crippen molar-refractivity contribution in [1.29, 1.82) is 0 Å². The number of benzene rings is 3. The molecule has 3 aromatic rings.